The fourth-order valence-electron chi connectivity index (χ4n) is 1.31. The molecule has 0 fully saturated rings. The largest absolute Gasteiger partial charge is 0.479 e. The molecule has 0 amide bonds. The molecule has 16 heavy (non-hydrogen) atoms. The zero-order valence-electron chi connectivity index (χ0n) is 9.15. The van der Waals surface area contributed by atoms with Crippen molar-refractivity contribution in [3.05, 3.63) is 35.6 Å². The number of benzene rings is 1. The van der Waals surface area contributed by atoms with Crippen LogP contribution < -0.4 is 0 Å². The minimum absolute atomic E-state index is 0.260. The van der Waals surface area contributed by atoms with Crippen LogP contribution >= 0.6 is 0 Å². The van der Waals surface area contributed by atoms with Crippen LogP contribution in [0.15, 0.2) is 24.3 Å². The van der Waals surface area contributed by atoms with Gasteiger partial charge in [0.05, 0.1) is 0 Å². The van der Waals surface area contributed by atoms with Gasteiger partial charge in [-0.15, -0.1) is 0 Å². The number of hydrogen-bond donors (Lipinski definition) is 1. The Kier molecular flexibility index (Phi) is 4.92. The van der Waals surface area contributed by atoms with Crippen LogP contribution in [0.3, 0.4) is 0 Å². The molecule has 1 aromatic carbocycles. The van der Waals surface area contributed by atoms with Crippen LogP contribution in [0, 0.1) is 5.82 Å². The Hall–Kier alpha value is -1.42. The first-order valence-corrected chi connectivity index (χ1v) is 5.22. The number of rotatable bonds is 6. The van der Waals surface area contributed by atoms with E-state index in [1.807, 2.05) is 6.92 Å². The predicted molar refractivity (Wildman–Crippen MR) is 57.8 cm³/mol. The molecule has 4 heteroatoms. The van der Waals surface area contributed by atoms with Gasteiger partial charge in [-0.05, 0) is 24.1 Å². The van der Waals surface area contributed by atoms with Crippen LogP contribution in [0.4, 0.5) is 4.39 Å². The lowest BCUT2D eigenvalue weighted by molar-refractivity contribution is -0.150. The summed E-state index contributed by atoms with van der Waals surface area (Å²) in [5, 5.41) is 8.92. The van der Waals surface area contributed by atoms with Crippen molar-refractivity contribution in [1.82, 2.24) is 0 Å². The first kappa shape index (κ1) is 12.6. The molecule has 88 valence electrons. The van der Waals surface area contributed by atoms with E-state index in [0.717, 1.165) is 12.0 Å². The highest BCUT2D eigenvalue weighted by atomic mass is 19.1. The third-order valence-electron chi connectivity index (χ3n) is 2.13. The van der Waals surface area contributed by atoms with E-state index in [-0.39, 0.29) is 12.2 Å². The molecule has 0 unspecified atom stereocenters. The van der Waals surface area contributed by atoms with Crippen molar-refractivity contribution in [2.75, 3.05) is 6.61 Å². The van der Waals surface area contributed by atoms with E-state index in [0.29, 0.717) is 6.61 Å². The standard InChI is InChI=1S/C12H15FO3/c1-2-7-16-11(12(14)15)8-9-3-5-10(13)6-4-9/h3-6,11H,2,7-8H2,1H3,(H,14,15)/t11-/m0/s1. The number of ether oxygens (including phenoxy) is 1. The van der Waals surface area contributed by atoms with E-state index in [2.05, 4.69) is 0 Å². The zero-order valence-corrected chi connectivity index (χ0v) is 9.15. The Labute approximate surface area is 93.9 Å². The highest BCUT2D eigenvalue weighted by Gasteiger charge is 2.18. The van der Waals surface area contributed by atoms with Crippen molar-refractivity contribution in [2.24, 2.45) is 0 Å². The molecular formula is C12H15FO3. The molecule has 0 aliphatic carbocycles. The van der Waals surface area contributed by atoms with Gasteiger partial charge in [0.2, 0.25) is 0 Å². The van der Waals surface area contributed by atoms with E-state index in [1.54, 1.807) is 12.1 Å². The lowest BCUT2D eigenvalue weighted by Gasteiger charge is -2.12. The number of aliphatic carboxylic acids is 1. The summed E-state index contributed by atoms with van der Waals surface area (Å²) < 4.78 is 17.8. The first-order chi connectivity index (χ1) is 7.63. The SMILES string of the molecule is CCCO[C@@H](Cc1ccc(F)cc1)C(=O)O. The maximum atomic E-state index is 12.6. The van der Waals surface area contributed by atoms with Crippen molar-refractivity contribution in [1.29, 1.82) is 0 Å². The van der Waals surface area contributed by atoms with Gasteiger partial charge in [0, 0.05) is 13.0 Å². The predicted octanol–water partition coefficient (Wildman–Crippen LogP) is 2.25. The molecule has 0 heterocycles. The van der Waals surface area contributed by atoms with Crippen molar-refractivity contribution in [3.8, 4) is 0 Å². The Balaban J connectivity index is 2.60. The third kappa shape index (κ3) is 3.98. The van der Waals surface area contributed by atoms with Crippen LogP contribution in [0.1, 0.15) is 18.9 Å². The lowest BCUT2D eigenvalue weighted by Crippen LogP contribution is -2.26. The Morgan fingerprint density at radius 3 is 2.56 bits per heavy atom. The smallest absolute Gasteiger partial charge is 0.333 e. The molecule has 0 saturated heterocycles. The third-order valence-corrected chi connectivity index (χ3v) is 2.13. The number of halogens is 1. The molecular weight excluding hydrogens is 211 g/mol. The van der Waals surface area contributed by atoms with Crippen LogP contribution in [0.2, 0.25) is 0 Å². The molecule has 1 N–H and O–H groups in total. The number of carboxylic acids is 1. The first-order valence-electron chi connectivity index (χ1n) is 5.22. The molecule has 0 aromatic heterocycles. The highest BCUT2D eigenvalue weighted by Crippen LogP contribution is 2.08. The molecule has 0 spiro atoms. The molecule has 0 aliphatic rings. The van der Waals surface area contributed by atoms with Crippen LogP contribution in [-0.2, 0) is 16.0 Å². The summed E-state index contributed by atoms with van der Waals surface area (Å²) in [6.45, 7) is 2.33. The van der Waals surface area contributed by atoms with Gasteiger partial charge in [-0.1, -0.05) is 19.1 Å². The summed E-state index contributed by atoms with van der Waals surface area (Å²) in [5.41, 5.74) is 0.755. The quantitative estimate of drug-likeness (QED) is 0.809. The van der Waals surface area contributed by atoms with Crippen LogP contribution in [0.5, 0.6) is 0 Å². The molecule has 1 aromatic rings. The number of carboxylic acid groups (broad SMARTS) is 1. The van der Waals surface area contributed by atoms with Crippen molar-refractivity contribution < 1.29 is 19.0 Å². The fraction of sp³-hybridized carbons (Fsp3) is 0.417. The van der Waals surface area contributed by atoms with Crippen LogP contribution in [0.25, 0.3) is 0 Å². The number of carbonyl (C=O) groups is 1. The second-order valence-corrected chi connectivity index (χ2v) is 3.53. The van der Waals surface area contributed by atoms with Gasteiger partial charge in [0.15, 0.2) is 6.10 Å². The van der Waals surface area contributed by atoms with E-state index < -0.39 is 12.1 Å². The summed E-state index contributed by atoms with van der Waals surface area (Å²) >= 11 is 0. The summed E-state index contributed by atoms with van der Waals surface area (Å²) in [6.07, 6.45) is 0.174. The minimum atomic E-state index is -0.988. The molecule has 1 atom stereocenters. The Morgan fingerprint density at radius 2 is 2.06 bits per heavy atom. The summed E-state index contributed by atoms with van der Waals surface area (Å²) in [7, 11) is 0. The molecule has 0 bridgehead atoms. The summed E-state index contributed by atoms with van der Waals surface area (Å²) in [4.78, 5) is 10.9. The summed E-state index contributed by atoms with van der Waals surface area (Å²) in [5.74, 6) is -1.32. The van der Waals surface area contributed by atoms with Crippen LogP contribution in [-0.4, -0.2) is 23.8 Å². The van der Waals surface area contributed by atoms with Gasteiger partial charge in [0.1, 0.15) is 5.82 Å². The Morgan fingerprint density at radius 1 is 1.44 bits per heavy atom. The molecule has 1 rings (SSSR count). The average molecular weight is 226 g/mol. The van der Waals surface area contributed by atoms with Crippen molar-refractivity contribution >= 4 is 5.97 Å². The lowest BCUT2D eigenvalue weighted by atomic mass is 10.1. The van der Waals surface area contributed by atoms with E-state index in [4.69, 9.17) is 9.84 Å². The number of hydrogen-bond acceptors (Lipinski definition) is 2. The second kappa shape index (κ2) is 6.23. The van der Waals surface area contributed by atoms with Gasteiger partial charge in [-0.2, -0.15) is 0 Å². The molecule has 0 radical (unpaired) electrons. The topological polar surface area (TPSA) is 46.5 Å². The minimum Gasteiger partial charge on any atom is -0.479 e. The van der Waals surface area contributed by atoms with E-state index in [1.165, 1.54) is 12.1 Å². The highest BCUT2D eigenvalue weighted by molar-refractivity contribution is 5.72. The van der Waals surface area contributed by atoms with Crippen molar-refractivity contribution in [2.45, 2.75) is 25.9 Å². The summed E-state index contributed by atoms with van der Waals surface area (Å²) in [6, 6.07) is 5.77. The zero-order chi connectivity index (χ0) is 12.0. The molecule has 0 saturated carbocycles. The molecule has 0 aliphatic heterocycles. The normalized spacial score (nSPS) is 12.4. The van der Waals surface area contributed by atoms with Crippen molar-refractivity contribution in [3.63, 3.8) is 0 Å². The fourth-order valence-corrected chi connectivity index (χ4v) is 1.31. The average Bonchev–Trinajstić information content (AvgIpc) is 2.26. The van der Waals surface area contributed by atoms with Gasteiger partial charge < -0.3 is 9.84 Å². The Bertz CT molecular complexity index is 335. The van der Waals surface area contributed by atoms with E-state index in [9.17, 15) is 9.18 Å². The maximum absolute atomic E-state index is 12.6. The molecule has 3 nitrogen and oxygen atoms in total. The maximum Gasteiger partial charge on any atom is 0.333 e. The van der Waals surface area contributed by atoms with Gasteiger partial charge in [0.25, 0.3) is 0 Å². The second-order valence-electron chi connectivity index (χ2n) is 3.53. The van der Waals surface area contributed by atoms with Gasteiger partial charge in [-0.3, -0.25) is 0 Å². The monoisotopic (exact) mass is 226 g/mol. The van der Waals surface area contributed by atoms with Gasteiger partial charge >= 0.3 is 5.97 Å². The van der Waals surface area contributed by atoms with E-state index >= 15 is 0 Å². The van der Waals surface area contributed by atoms with Gasteiger partial charge in [-0.25, -0.2) is 9.18 Å².